The highest BCUT2D eigenvalue weighted by atomic mass is 32.2. The van der Waals surface area contributed by atoms with Crippen molar-refractivity contribution >= 4 is 28.6 Å². The highest BCUT2D eigenvalue weighted by molar-refractivity contribution is 7.99. The Hall–Kier alpha value is -1.49. The van der Waals surface area contributed by atoms with Gasteiger partial charge in [-0.2, -0.15) is 0 Å². The molecule has 1 aromatic heterocycles. The Bertz CT molecular complexity index is 472. The molecule has 5 heteroatoms. The van der Waals surface area contributed by atoms with Crippen LogP contribution in [0.15, 0.2) is 29.4 Å². The summed E-state index contributed by atoms with van der Waals surface area (Å²) in [5.74, 6) is 1.08. The topological polar surface area (TPSA) is 78.5 Å². The summed E-state index contributed by atoms with van der Waals surface area (Å²) in [6.07, 6.45) is 0. The molecule has 0 bridgehead atoms. The lowest BCUT2D eigenvalue weighted by molar-refractivity contribution is 0.875. The standard InChI is InChI=1S/C11H14N4S/c1-7(10(12)13)6-16-11-14-8-4-2-3-5-9(8)15-11/h2-5,7H,6H2,1H3,(H3,12,13)(H,14,15). The number of para-hydroxylation sites is 2. The van der Waals surface area contributed by atoms with Gasteiger partial charge in [-0.15, -0.1) is 0 Å². The van der Waals surface area contributed by atoms with Crippen molar-refractivity contribution in [3.05, 3.63) is 24.3 Å². The van der Waals surface area contributed by atoms with E-state index >= 15 is 0 Å². The van der Waals surface area contributed by atoms with Gasteiger partial charge < -0.3 is 10.7 Å². The lowest BCUT2D eigenvalue weighted by Crippen LogP contribution is -2.21. The molecule has 0 aliphatic carbocycles. The number of nitrogens with one attached hydrogen (secondary N) is 2. The fraction of sp³-hybridized carbons (Fsp3) is 0.273. The Morgan fingerprint density at radius 1 is 1.56 bits per heavy atom. The highest BCUT2D eigenvalue weighted by Gasteiger charge is 2.08. The molecule has 1 atom stereocenters. The van der Waals surface area contributed by atoms with E-state index < -0.39 is 0 Å². The van der Waals surface area contributed by atoms with Crippen LogP contribution >= 0.6 is 11.8 Å². The van der Waals surface area contributed by atoms with Gasteiger partial charge in [0.1, 0.15) is 0 Å². The quantitative estimate of drug-likeness (QED) is 0.431. The van der Waals surface area contributed by atoms with Crippen LogP contribution in [-0.2, 0) is 0 Å². The molecule has 0 spiro atoms. The molecule has 16 heavy (non-hydrogen) atoms. The molecule has 1 aromatic carbocycles. The number of fused-ring (bicyclic) bond motifs is 1. The fourth-order valence-electron chi connectivity index (χ4n) is 1.29. The summed E-state index contributed by atoms with van der Waals surface area (Å²) in [5.41, 5.74) is 7.43. The van der Waals surface area contributed by atoms with Gasteiger partial charge in [-0.3, -0.25) is 5.41 Å². The number of aromatic nitrogens is 2. The van der Waals surface area contributed by atoms with Gasteiger partial charge >= 0.3 is 0 Å². The van der Waals surface area contributed by atoms with Crippen molar-refractivity contribution in [2.75, 3.05) is 5.75 Å². The number of imidazole rings is 1. The normalized spacial score (nSPS) is 12.8. The molecule has 0 aliphatic heterocycles. The molecule has 0 amide bonds. The fourth-order valence-corrected chi connectivity index (χ4v) is 2.22. The van der Waals surface area contributed by atoms with Crippen molar-refractivity contribution < 1.29 is 0 Å². The van der Waals surface area contributed by atoms with Crippen molar-refractivity contribution in [2.24, 2.45) is 11.7 Å². The van der Waals surface area contributed by atoms with Crippen LogP contribution in [0.4, 0.5) is 0 Å². The molecule has 0 saturated heterocycles. The number of amidine groups is 1. The number of aromatic amines is 1. The summed E-state index contributed by atoms with van der Waals surface area (Å²) >= 11 is 1.60. The number of H-pyrrole nitrogens is 1. The predicted octanol–water partition coefficient (Wildman–Crippen LogP) is 2.23. The molecule has 2 aromatic rings. The van der Waals surface area contributed by atoms with Gasteiger partial charge in [-0.05, 0) is 12.1 Å². The first-order chi connectivity index (χ1) is 7.66. The van der Waals surface area contributed by atoms with Gasteiger partial charge in [0.2, 0.25) is 0 Å². The molecule has 4 nitrogen and oxygen atoms in total. The third kappa shape index (κ3) is 2.36. The Morgan fingerprint density at radius 2 is 2.31 bits per heavy atom. The summed E-state index contributed by atoms with van der Waals surface area (Å²) in [5, 5.41) is 8.19. The lowest BCUT2D eigenvalue weighted by atomic mass is 10.2. The van der Waals surface area contributed by atoms with Gasteiger partial charge in [0.25, 0.3) is 0 Å². The monoisotopic (exact) mass is 234 g/mol. The van der Waals surface area contributed by atoms with E-state index in [4.69, 9.17) is 11.1 Å². The number of nitrogens with two attached hydrogens (primary N) is 1. The second kappa shape index (κ2) is 4.57. The third-order valence-corrected chi connectivity index (χ3v) is 3.50. The molecule has 0 aliphatic rings. The SMILES string of the molecule is CC(CSc1nc2ccccc2[nH]1)C(=N)N. The maximum absolute atomic E-state index is 7.31. The molecule has 84 valence electrons. The zero-order valence-electron chi connectivity index (χ0n) is 9.03. The van der Waals surface area contributed by atoms with Crippen molar-refractivity contribution in [3.8, 4) is 0 Å². The zero-order chi connectivity index (χ0) is 11.5. The van der Waals surface area contributed by atoms with E-state index in [-0.39, 0.29) is 11.8 Å². The van der Waals surface area contributed by atoms with Gasteiger partial charge in [0, 0.05) is 11.7 Å². The maximum atomic E-state index is 7.31. The summed E-state index contributed by atoms with van der Waals surface area (Å²) in [7, 11) is 0. The molecule has 1 heterocycles. The van der Waals surface area contributed by atoms with Crippen LogP contribution in [0, 0.1) is 11.3 Å². The van der Waals surface area contributed by atoms with E-state index in [1.54, 1.807) is 11.8 Å². The van der Waals surface area contributed by atoms with Crippen molar-refractivity contribution in [2.45, 2.75) is 12.1 Å². The minimum Gasteiger partial charge on any atom is -0.387 e. The molecule has 0 radical (unpaired) electrons. The van der Waals surface area contributed by atoms with Crippen LogP contribution in [0.3, 0.4) is 0 Å². The van der Waals surface area contributed by atoms with Crippen molar-refractivity contribution in [3.63, 3.8) is 0 Å². The number of rotatable bonds is 4. The first-order valence-electron chi connectivity index (χ1n) is 5.08. The van der Waals surface area contributed by atoms with Crippen LogP contribution in [0.25, 0.3) is 11.0 Å². The first kappa shape index (κ1) is 11.0. The van der Waals surface area contributed by atoms with Crippen LogP contribution in [0.5, 0.6) is 0 Å². The van der Waals surface area contributed by atoms with E-state index in [1.807, 2.05) is 31.2 Å². The highest BCUT2D eigenvalue weighted by Crippen LogP contribution is 2.21. The van der Waals surface area contributed by atoms with Gasteiger partial charge in [0.15, 0.2) is 5.16 Å². The molecule has 0 saturated carbocycles. The molecular formula is C11H14N4S. The second-order valence-corrected chi connectivity index (χ2v) is 4.74. The minimum atomic E-state index is 0.0817. The minimum absolute atomic E-state index is 0.0817. The van der Waals surface area contributed by atoms with Gasteiger partial charge in [-0.25, -0.2) is 4.98 Å². The maximum Gasteiger partial charge on any atom is 0.166 e. The predicted molar refractivity (Wildman–Crippen MR) is 67.9 cm³/mol. The molecule has 1 unspecified atom stereocenters. The summed E-state index contributed by atoms with van der Waals surface area (Å²) in [6, 6.07) is 7.92. The Morgan fingerprint density at radius 3 is 3.00 bits per heavy atom. The summed E-state index contributed by atoms with van der Waals surface area (Å²) in [4.78, 5) is 7.67. The number of benzene rings is 1. The molecule has 2 rings (SSSR count). The molecule has 0 fully saturated rings. The number of nitrogens with zero attached hydrogens (tertiary/aromatic N) is 1. The smallest absolute Gasteiger partial charge is 0.166 e. The van der Waals surface area contributed by atoms with Crippen LogP contribution < -0.4 is 5.73 Å². The second-order valence-electron chi connectivity index (χ2n) is 3.73. The largest absolute Gasteiger partial charge is 0.387 e. The third-order valence-electron chi connectivity index (χ3n) is 2.37. The number of hydrogen-bond donors (Lipinski definition) is 3. The van der Waals surface area contributed by atoms with Crippen LogP contribution in [0.2, 0.25) is 0 Å². The van der Waals surface area contributed by atoms with E-state index in [9.17, 15) is 0 Å². The lowest BCUT2D eigenvalue weighted by Gasteiger charge is -2.06. The van der Waals surface area contributed by atoms with Crippen molar-refractivity contribution in [1.82, 2.24) is 9.97 Å². The van der Waals surface area contributed by atoms with Crippen LogP contribution in [0.1, 0.15) is 6.92 Å². The van der Waals surface area contributed by atoms with E-state index in [1.165, 1.54) is 0 Å². The Labute approximate surface area is 98.1 Å². The zero-order valence-corrected chi connectivity index (χ0v) is 9.84. The number of thioether (sulfide) groups is 1. The molecule has 4 N–H and O–H groups in total. The van der Waals surface area contributed by atoms with Crippen molar-refractivity contribution in [1.29, 1.82) is 5.41 Å². The first-order valence-corrected chi connectivity index (χ1v) is 6.07. The van der Waals surface area contributed by atoms with E-state index in [0.29, 0.717) is 0 Å². The molecular weight excluding hydrogens is 220 g/mol. The van der Waals surface area contributed by atoms with Gasteiger partial charge in [0.05, 0.1) is 16.9 Å². The van der Waals surface area contributed by atoms with Gasteiger partial charge in [-0.1, -0.05) is 30.8 Å². The summed E-state index contributed by atoms with van der Waals surface area (Å²) in [6.45, 7) is 1.94. The van der Waals surface area contributed by atoms with E-state index in [0.717, 1.165) is 21.9 Å². The average molecular weight is 234 g/mol. The number of hydrogen-bond acceptors (Lipinski definition) is 3. The average Bonchev–Trinajstić information content (AvgIpc) is 2.68. The van der Waals surface area contributed by atoms with Crippen LogP contribution in [-0.4, -0.2) is 21.6 Å². The van der Waals surface area contributed by atoms with E-state index in [2.05, 4.69) is 9.97 Å². The Balaban J connectivity index is 2.07. The Kier molecular flexibility index (Phi) is 3.14. The summed E-state index contributed by atoms with van der Waals surface area (Å²) < 4.78 is 0.